The van der Waals surface area contributed by atoms with Crippen molar-refractivity contribution >= 4 is 11.6 Å². The van der Waals surface area contributed by atoms with Crippen molar-refractivity contribution in [1.82, 2.24) is 9.78 Å². The number of benzene rings is 2. The van der Waals surface area contributed by atoms with Crippen LogP contribution >= 0.6 is 0 Å². The van der Waals surface area contributed by atoms with Crippen LogP contribution in [-0.4, -0.2) is 15.7 Å². The van der Waals surface area contributed by atoms with Gasteiger partial charge in [-0.15, -0.1) is 0 Å². The number of anilines is 1. The summed E-state index contributed by atoms with van der Waals surface area (Å²) in [5.74, 6) is -0.0748. The summed E-state index contributed by atoms with van der Waals surface area (Å²) in [5, 5.41) is 7.14. The van der Waals surface area contributed by atoms with E-state index in [2.05, 4.69) is 22.5 Å². The van der Waals surface area contributed by atoms with Gasteiger partial charge in [-0.25, -0.2) is 0 Å². The van der Waals surface area contributed by atoms with Gasteiger partial charge in [0.1, 0.15) is 6.04 Å². The number of hydrogen-bond acceptors (Lipinski definition) is 2. The molecule has 3 rings (SSSR count). The van der Waals surface area contributed by atoms with Crippen LogP contribution in [0.2, 0.25) is 0 Å². The molecule has 0 aliphatic rings. The van der Waals surface area contributed by atoms with Crippen LogP contribution in [0, 0.1) is 0 Å². The zero-order valence-corrected chi connectivity index (χ0v) is 13.0. The molecular formula is C19H19N3O. The number of hydrogen-bond donors (Lipinski definition) is 1. The maximum atomic E-state index is 12.4. The van der Waals surface area contributed by atoms with E-state index in [1.54, 1.807) is 17.1 Å². The Morgan fingerprint density at radius 1 is 1.09 bits per heavy atom. The Hall–Kier alpha value is -2.88. The Morgan fingerprint density at radius 2 is 1.83 bits per heavy atom. The Labute approximate surface area is 135 Å². The number of nitrogens with one attached hydrogen (secondary N) is 1. The number of rotatable bonds is 5. The van der Waals surface area contributed by atoms with Crippen molar-refractivity contribution in [1.29, 1.82) is 0 Å². The highest BCUT2D eigenvalue weighted by Gasteiger charge is 2.16. The van der Waals surface area contributed by atoms with Gasteiger partial charge in [-0.3, -0.25) is 9.48 Å². The highest BCUT2D eigenvalue weighted by atomic mass is 16.2. The van der Waals surface area contributed by atoms with E-state index in [0.29, 0.717) is 0 Å². The van der Waals surface area contributed by atoms with Crippen LogP contribution < -0.4 is 5.32 Å². The molecule has 0 spiro atoms. The molecule has 0 aliphatic heterocycles. The number of carbonyl (C=O) groups is 1. The second-order valence-corrected chi connectivity index (χ2v) is 5.47. The zero-order chi connectivity index (χ0) is 16.1. The van der Waals surface area contributed by atoms with Crippen LogP contribution in [0.15, 0.2) is 73.1 Å². The molecule has 2 aromatic carbocycles. The van der Waals surface area contributed by atoms with Gasteiger partial charge >= 0.3 is 0 Å². The molecule has 1 N–H and O–H groups in total. The fourth-order valence-electron chi connectivity index (χ4n) is 2.48. The third-order valence-electron chi connectivity index (χ3n) is 3.81. The first kappa shape index (κ1) is 15.0. The van der Waals surface area contributed by atoms with E-state index in [4.69, 9.17) is 0 Å². The third-order valence-corrected chi connectivity index (χ3v) is 3.81. The fraction of sp³-hybridized carbons (Fsp3) is 0.158. The summed E-state index contributed by atoms with van der Waals surface area (Å²) in [4.78, 5) is 12.4. The molecule has 0 aliphatic carbocycles. The number of carbonyl (C=O) groups excluding carboxylic acids is 1. The van der Waals surface area contributed by atoms with Gasteiger partial charge < -0.3 is 5.32 Å². The highest BCUT2D eigenvalue weighted by Crippen LogP contribution is 2.20. The van der Waals surface area contributed by atoms with E-state index in [1.165, 1.54) is 5.56 Å². The molecule has 1 atom stereocenters. The standard InChI is InChI=1S/C19H19N3O/c1-15(22-13-7-12-20-22)19(23)21-18-11-6-5-10-17(18)14-16-8-3-2-4-9-16/h2-13,15H,14H2,1H3,(H,21,23)/t15-/m1/s1. The lowest BCUT2D eigenvalue weighted by atomic mass is 10.0. The molecular weight excluding hydrogens is 286 g/mol. The molecule has 1 heterocycles. The second kappa shape index (κ2) is 6.92. The molecule has 1 amide bonds. The van der Waals surface area contributed by atoms with Gasteiger partial charge in [0.25, 0.3) is 0 Å². The number of para-hydroxylation sites is 1. The van der Waals surface area contributed by atoms with E-state index in [-0.39, 0.29) is 11.9 Å². The fourth-order valence-corrected chi connectivity index (χ4v) is 2.48. The molecule has 1 aromatic heterocycles. The minimum atomic E-state index is -0.352. The van der Waals surface area contributed by atoms with E-state index in [0.717, 1.165) is 17.7 Å². The van der Waals surface area contributed by atoms with E-state index in [9.17, 15) is 4.79 Å². The summed E-state index contributed by atoms with van der Waals surface area (Å²) in [5.41, 5.74) is 3.16. The first-order chi connectivity index (χ1) is 11.2. The van der Waals surface area contributed by atoms with Crippen molar-refractivity contribution in [2.45, 2.75) is 19.4 Å². The molecule has 23 heavy (non-hydrogen) atoms. The van der Waals surface area contributed by atoms with E-state index in [1.807, 2.05) is 55.5 Å². The van der Waals surface area contributed by atoms with Gasteiger partial charge in [0.15, 0.2) is 0 Å². The summed E-state index contributed by atoms with van der Waals surface area (Å²) < 4.78 is 1.65. The molecule has 0 saturated carbocycles. The van der Waals surface area contributed by atoms with Crippen LogP contribution in [0.3, 0.4) is 0 Å². The van der Waals surface area contributed by atoms with Crippen molar-refractivity contribution in [3.05, 3.63) is 84.2 Å². The Kier molecular flexibility index (Phi) is 4.52. The summed E-state index contributed by atoms with van der Waals surface area (Å²) in [6.07, 6.45) is 4.25. The first-order valence-electron chi connectivity index (χ1n) is 7.66. The van der Waals surface area contributed by atoms with Crippen LogP contribution in [-0.2, 0) is 11.2 Å². The second-order valence-electron chi connectivity index (χ2n) is 5.47. The van der Waals surface area contributed by atoms with Gasteiger partial charge in [-0.2, -0.15) is 5.10 Å². The topological polar surface area (TPSA) is 46.9 Å². The Bertz CT molecular complexity index is 766. The summed E-state index contributed by atoms with van der Waals surface area (Å²) >= 11 is 0. The number of aromatic nitrogens is 2. The van der Waals surface area contributed by atoms with E-state index >= 15 is 0 Å². The van der Waals surface area contributed by atoms with Crippen molar-refractivity contribution in [3.8, 4) is 0 Å². The van der Waals surface area contributed by atoms with Gasteiger partial charge in [-0.05, 0) is 36.6 Å². The Balaban J connectivity index is 1.76. The predicted octanol–water partition coefficient (Wildman–Crippen LogP) is 3.67. The third kappa shape index (κ3) is 3.66. The smallest absolute Gasteiger partial charge is 0.248 e. The molecule has 0 radical (unpaired) electrons. The highest BCUT2D eigenvalue weighted by molar-refractivity contribution is 5.94. The number of nitrogens with zero attached hydrogens (tertiary/aromatic N) is 2. The lowest BCUT2D eigenvalue weighted by Crippen LogP contribution is -2.24. The molecule has 0 saturated heterocycles. The summed E-state index contributed by atoms with van der Waals surface area (Å²) in [6.45, 7) is 1.84. The predicted molar refractivity (Wildman–Crippen MR) is 91.3 cm³/mol. The zero-order valence-electron chi connectivity index (χ0n) is 13.0. The largest absolute Gasteiger partial charge is 0.324 e. The van der Waals surface area contributed by atoms with Crippen LogP contribution in [0.1, 0.15) is 24.1 Å². The Morgan fingerprint density at radius 3 is 2.57 bits per heavy atom. The molecule has 0 unspecified atom stereocenters. The average molecular weight is 305 g/mol. The maximum Gasteiger partial charge on any atom is 0.248 e. The van der Waals surface area contributed by atoms with Crippen LogP contribution in [0.5, 0.6) is 0 Å². The van der Waals surface area contributed by atoms with Crippen LogP contribution in [0.25, 0.3) is 0 Å². The van der Waals surface area contributed by atoms with Crippen molar-refractivity contribution in [2.24, 2.45) is 0 Å². The van der Waals surface area contributed by atoms with Gasteiger partial charge in [0.2, 0.25) is 5.91 Å². The molecule has 116 valence electrons. The average Bonchev–Trinajstić information content (AvgIpc) is 3.11. The molecule has 0 bridgehead atoms. The lowest BCUT2D eigenvalue weighted by molar-refractivity contribution is -0.119. The van der Waals surface area contributed by atoms with Gasteiger partial charge in [0, 0.05) is 18.1 Å². The number of amides is 1. The lowest BCUT2D eigenvalue weighted by Gasteiger charge is -2.15. The minimum absolute atomic E-state index is 0.0748. The molecule has 3 aromatic rings. The minimum Gasteiger partial charge on any atom is -0.324 e. The summed E-state index contributed by atoms with van der Waals surface area (Å²) in [7, 11) is 0. The first-order valence-corrected chi connectivity index (χ1v) is 7.66. The van der Waals surface area contributed by atoms with Crippen molar-refractivity contribution in [3.63, 3.8) is 0 Å². The monoisotopic (exact) mass is 305 g/mol. The summed E-state index contributed by atoms with van der Waals surface area (Å²) in [6, 6.07) is 19.6. The van der Waals surface area contributed by atoms with Crippen molar-refractivity contribution in [2.75, 3.05) is 5.32 Å². The normalized spacial score (nSPS) is 11.9. The molecule has 4 heteroatoms. The van der Waals surface area contributed by atoms with Crippen LogP contribution in [0.4, 0.5) is 5.69 Å². The molecule has 0 fully saturated rings. The molecule has 4 nitrogen and oxygen atoms in total. The van der Waals surface area contributed by atoms with Gasteiger partial charge in [-0.1, -0.05) is 48.5 Å². The van der Waals surface area contributed by atoms with Crippen molar-refractivity contribution < 1.29 is 4.79 Å². The van der Waals surface area contributed by atoms with Gasteiger partial charge in [0.05, 0.1) is 0 Å². The quantitative estimate of drug-likeness (QED) is 0.781. The SMILES string of the molecule is C[C@H](C(=O)Nc1ccccc1Cc1ccccc1)n1cccn1. The van der Waals surface area contributed by atoms with E-state index < -0.39 is 0 Å². The maximum absolute atomic E-state index is 12.4.